The van der Waals surface area contributed by atoms with Gasteiger partial charge in [-0.1, -0.05) is 19.1 Å². The second-order valence-electron chi connectivity index (χ2n) is 6.23. The van der Waals surface area contributed by atoms with Gasteiger partial charge in [-0.15, -0.1) is 0 Å². The number of hydrogen-bond donors (Lipinski definition) is 0. The van der Waals surface area contributed by atoms with Crippen molar-refractivity contribution in [1.82, 2.24) is 4.90 Å². The lowest BCUT2D eigenvalue weighted by Gasteiger charge is -2.37. The molecule has 0 aromatic heterocycles. The molecule has 7 nitrogen and oxygen atoms in total. The highest BCUT2D eigenvalue weighted by Gasteiger charge is 2.43. The van der Waals surface area contributed by atoms with Gasteiger partial charge >= 0.3 is 0 Å². The first-order chi connectivity index (χ1) is 12.4. The average molecular weight is 365 g/mol. The van der Waals surface area contributed by atoms with Crippen LogP contribution in [0.1, 0.15) is 46.9 Å². The number of imide groups is 1. The third-order valence-corrected chi connectivity index (χ3v) is 5.19. The molecule has 0 unspecified atom stereocenters. The predicted molar refractivity (Wildman–Crippen MR) is 94.8 cm³/mol. The molecule has 1 aliphatic rings. The second-order valence-corrected chi connectivity index (χ2v) is 6.23. The minimum atomic E-state index is -1.15. The Kier molecular flexibility index (Phi) is 6.52. The Balaban J connectivity index is 2.20. The third-order valence-electron chi connectivity index (χ3n) is 5.19. The molecule has 0 radical (unpaired) electrons. The molecule has 0 spiro atoms. The number of carbonyl (C=O) groups excluding carboxylic acids is 2. The number of hydrogen-bond acceptors (Lipinski definition) is 6. The first kappa shape index (κ1) is 20.5. The summed E-state index contributed by atoms with van der Waals surface area (Å²) in [6.45, 7) is 1.94. The molecule has 26 heavy (non-hydrogen) atoms. The fourth-order valence-electron chi connectivity index (χ4n) is 3.25. The summed E-state index contributed by atoms with van der Waals surface area (Å²) in [6.07, 6.45) is 1.49. The van der Waals surface area contributed by atoms with Crippen molar-refractivity contribution in [3.63, 3.8) is 0 Å². The van der Waals surface area contributed by atoms with Crippen LogP contribution < -0.4 is 0 Å². The van der Waals surface area contributed by atoms with Crippen LogP contribution in [0.5, 0.6) is 0 Å². The number of carbonyl (C=O) groups is 2. The standard InChI is InChI=1S/C19H27NO6/c1-6-18(23-2,24-3)11-12-19(25-4,26-5)13-20-16(21)14-9-7-8-10-15(14)17(20)22/h7-10H,6,11-13H2,1-5H3. The normalized spacial score (nSPS) is 14.9. The lowest BCUT2D eigenvalue weighted by Crippen LogP contribution is -2.49. The number of methoxy groups -OCH3 is 4. The smallest absolute Gasteiger partial charge is 0.261 e. The summed E-state index contributed by atoms with van der Waals surface area (Å²) in [7, 11) is 6.15. The number of ether oxygens (including phenoxy) is 4. The minimum Gasteiger partial charge on any atom is -0.353 e. The van der Waals surface area contributed by atoms with Crippen molar-refractivity contribution in [1.29, 1.82) is 0 Å². The summed E-state index contributed by atoms with van der Waals surface area (Å²) in [5.41, 5.74) is 0.797. The van der Waals surface area contributed by atoms with Crippen molar-refractivity contribution in [2.75, 3.05) is 35.0 Å². The van der Waals surface area contributed by atoms with Gasteiger partial charge in [0.05, 0.1) is 17.7 Å². The van der Waals surface area contributed by atoms with Crippen LogP contribution >= 0.6 is 0 Å². The number of nitrogens with zero attached hydrogens (tertiary/aromatic N) is 1. The van der Waals surface area contributed by atoms with Gasteiger partial charge in [0.1, 0.15) is 0 Å². The molecule has 1 aromatic rings. The van der Waals surface area contributed by atoms with Crippen molar-refractivity contribution in [2.24, 2.45) is 0 Å². The highest BCUT2D eigenvalue weighted by atomic mass is 16.7. The highest BCUT2D eigenvalue weighted by molar-refractivity contribution is 6.21. The van der Waals surface area contributed by atoms with E-state index in [0.717, 1.165) is 0 Å². The Morgan fingerprint density at radius 1 is 0.808 bits per heavy atom. The predicted octanol–water partition coefficient (Wildman–Crippen LogP) is 2.45. The van der Waals surface area contributed by atoms with Crippen LogP contribution in [0.15, 0.2) is 24.3 Å². The summed E-state index contributed by atoms with van der Waals surface area (Å²) < 4.78 is 22.2. The Morgan fingerprint density at radius 2 is 1.23 bits per heavy atom. The molecule has 0 saturated carbocycles. The molecule has 1 heterocycles. The Bertz CT molecular complexity index is 608. The molecular formula is C19H27NO6. The number of fused-ring (bicyclic) bond motifs is 1. The van der Waals surface area contributed by atoms with Crippen molar-refractivity contribution >= 4 is 11.8 Å². The highest BCUT2D eigenvalue weighted by Crippen LogP contribution is 2.31. The molecule has 7 heteroatoms. The van der Waals surface area contributed by atoms with E-state index < -0.39 is 11.6 Å². The molecule has 144 valence electrons. The second kappa shape index (κ2) is 8.26. The maximum atomic E-state index is 12.6. The quantitative estimate of drug-likeness (QED) is 0.468. The molecule has 0 aliphatic carbocycles. The Hall–Kier alpha value is -1.80. The van der Waals surface area contributed by atoms with E-state index in [0.29, 0.717) is 30.4 Å². The molecule has 0 bridgehead atoms. The van der Waals surface area contributed by atoms with Gasteiger partial charge in [-0.3, -0.25) is 14.5 Å². The summed E-state index contributed by atoms with van der Waals surface area (Å²) in [5, 5.41) is 0. The zero-order valence-electron chi connectivity index (χ0n) is 16.0. The number of rotatable bonds is 10. The van der Waals surface area contributed by atoms with Crippen LogP contribution in [0.25, 0.3) is 0 Å². The summed E-state index contributed by atoms with van der Waals surface area (Å²) in [6, 6.07) is 6.77. The Labute approximate surface area is 154 Å². The van der Waals surface area contributed by atoms with Gasteiger partial charge in [0.2, 0.25) is 0 Å². The van der Waals surface area contributed by atoms with Gasteiger partial charge in [-0.2, -0.15) is 0 Å². The lowest BCUT2D eigenvalue weighted by atomic mass is 10.0. The van der Waals surface area contributed by atoms with E-state index in [2.05, 4.69) is 0 Å². The first-order valence-corrected chi connectivity index (χ1v) is 8.57. The minimum absolute atomic E-state index is 0.0143. The third kappa shape index (κ3) is 3.66. The topological polar surface area (TPSA) is 74.3 Å². The van der Waals surface area contributed by atoms with Crippen molar-refractivity contribution in [2.45, 2.75) is 37.8 Å². The van der Waals surface area contributed by atoms with Crippen molar-refractivity contribution < 1.29 is 28.5 Å². The largest absolute Gasteiger partial charge is 0.353 e. The molecular weight excluding hydrogens is 338 g/mol. The zero-order valence-corrected chi connectivity index (χ0v) is 16.0. The van der Waals surface area contributed by atoms with Crippen molar-refractivity contribution in [3.05, 3.63) is 35.4 Å². The molecule has 0 N–H and O–H groups in total. The van der Waals surface area contributed by atoms with E-state index in [4.69, 9.17) is 18.9 Å². The molecule has 0 atom stereocenters. The summed E-state index contributed by atoms with van der Waals surface area (Å²) in [4.78, 5) is 26.4. The molecule has 2 rings (SSSR count). The average Bonchev–Trinajstić information content (AvgIpc) is 2.93. The van der Waals surface area contributed by atoms with E-state index in [9.17, 15) is 9.59 Å². The van der Waals surface area contributed by atoms with Crippen LogP contribution in [-0.2, 0) is 18.9 Å². The lowest BCUT2D eigenvalue weighted by molar-refractivity contribution is -0.250. The first-order valence-electron chi connectivity index (χ1n) is 8.57. The van der Waals surface area contributed by atoms with Gasteiger partial charge in [0, 0.05) is 41.3 Å². The fourth-order valence-corrected chi connectivity index (χ4v) is 3.25. The van der Waals surface area contributed by atoms with Crippen LogP contribution in [0.3, 0.4) is 0 Å². The van der Waals surface area contributed by atoms with Gasteiger partial charge in [0.15, 0.2) is 11.6 Å². The summed E-state index contributed by atoms with van der Waals surface area (Å²) in [5.74, 6) is -2.61. The molecule has 0 saturated heterocycles. The summed E-state index contributed by atoms with van der Waals surface area (Å²) >= 11 is 0. The van der Waals surface area contributed by atoms with E-state index in [1.54, 1.807) is 38.5 Å². The van der Waals surface area contributed by atoms with E-state index in [-0.39, 0.29) is 18.4 Å². The number of benzene rings is 1. The van der Waals surface area contributed by atoms with Gasteiger partial charge in [-0.25, -0.2) is 0 Å². The van der Waals surface area contributed by atoms with Crippen LogP contribution in [-0.4, -0.2) is 63.3 Å². The van der Waals surface area contributed by atoms with E-state index in [1.165, 1.54) is 19.1 Å². The number of amides is 2. The molecule has 1 aromatic carbocycles. The van der Waals surface area contributed by atoms with Gasteiger partial charge in [-0.05, 0) is 18.6 Å². The van der Waals surface area contributed by atoms with E-state index >= 15 is 0 Å². The van der Waals surface area contributed by atoms with Crippen molar-refractivity contribution in [3.8, 4) is 0 Å². The molecule has 2 amide bonds. The fraction of sp³-hybridized carbons (Fsp3) is 0.579. The van der Waals surface area contributed by atoms with Crippen LogP contribution in [0.4, 0.5) is 0 Å². The molecule has 0 fully saturated rings. The maximum Gasteiger partial charge on any atom is 0.261 e. The SMILES string of the molecule is CCC(CCC(CN1C(=O)c2ccccc2C1=O)(OC)OC)(OC)OC. The van der Waals surface area contributed by atoms with Gasteiger partial charge in [0.25, 0.3) is 11.8 Å². The zero-order chi connectivity index (χ0) is 19.4. The van der Waals surface area contributed by atoms with Gasteiger partial charge < -0.3 is 18.9 Å². The van der Waals surface area contributed by atoms with Crippen LogP contribution in [0, 0.1) is 0 Å². The monoisotopic (exact) mass is 365 g/mol. The maximum absolute atomic E-state index is 12.6. The molecule has 1 aliphatic heterocycles. The van der Waals surface area contributed by atoms with Crippen LogP contribution in [0.2, 0.25) is 0 Å². The van der Waals surface area contributed by atoms with E-state index in [1.807, 2.05) is 6.92 Å². The Morgan fingerprint density at radius 3 is 1.62 bits per heavy atom.